The van der Waals surface area contributed by atoms with Crippen molar-refractivity contribution < 1.29 is 0 Å². The third kappa shape index (κ3) is 1.43. The van der Waals surface area contributed by atoms with Crippen LogP contribution in [-0.4, -0.2) is 16.7 Å². The first-order valence-corrected chi connectivity index (χ1v) is 4.90. The molecule has 0 aliphatic carbocycles. The van der Waals surface area contributed by atoms with E-state index in [1.54, 1.807) is 0 Å². The highest BCUT2D eigenvalue weighted by Crippen LogP contribution is 2.30. The van der Waals surface area contributed by atoms with Crippen molar-refractivity contribution in [1.82, 2.24) is 10.2 Å². The van der Waals surface area contributed by atoms with Crippen LogP contribution in [0.3, 0.4) is 0 Å². The first-order valence-electron chi connectivity index (χ1n) is 4.90. The smallest absolute Gasteiger partial charge is 0.151 e. The van der Waals surface area contributed by atoms with E-state index in [2.05, 4.69) is 36.3 Å². The first-order chi connectivity index (χ1) is 6.09. The van der Waals surface area contributed by atoms with Crippen LogP contribution in [0.1, 0.15) is 38.4 Å². The van der Waals surface area contributed by atoms with Crippen LogP contribution in [-0.2, 0) is 11.8 Å². The molecule has 72 valence electrons. The molecule has 3 heteroatoms. The summed E-state index contributed by atoms with van der Waals surface area (Å²) < 4.78 is 0. The van der Waals surface area contributed by atoms with E-state index >= 15 is 0 Å². The molecular formula is C10H17N3. The summed E-state index contributed by atoms with van der Waals surface area (Å²) in [6, 6.07) is 0. The molecule has 0 unspecified atom stereocenters. The minimum Gasteiger partial charge on any atom is -0.368 e. The Balaban J connectivity index is 2.43. The van der Waals surface area contributed by atoms with E-state index in [-0.39, 0.29) is 5.41 Å². The quantitative estimate of drug-likeness (QED) is 0.640. The lowest BCUT2D eigenvalue weighted by molar-refractivity contribution is 0.558. The molecule has 13 heavy (non-hydrogen) atoms. The van der Waals surface area contributed by atoms with E-state index in [0.29, 0.717) is 0 Å². The third-order valence-corrected chi connectivity index (χ3v) is 2.51. The van der Waals surface area contributed by atoms with Gasteiger partial charge in [0.25, 0.3) is 0 Å². The zero-order valence-corrected chi connectivity index (χ0v) is 8.57. The van der Waals surface area contributed by atoms with Crippen LogP contribution in [0.25, 0.3) is 0 Å². The highest BCUT2D eigenvalue weighted by molar-refractivity contribution is 5.50. The van der Waals surface area contributed by atoms with Crippen LogP contribution in [0, 0.1) is 0 Å². The van der Waals surface area contributed by atoms with Gasteiger partial charge in [0.1, 0.15) is 0 Å². The minimum atomic E-state index is 0.180. The third-order valence-electron chi connectivity index (χ3n) is 2.51. The molecule has 1 aliphatic heterocycles. The Hall–Kier alpha value is -0.990. The van der Waals surface area contributed by atoms with Crippen molar-refractivity contribution in [1.29, 1.82) is 0 Å². The summed E-state index contributed by atoms with van der Waals surface area (Å²) in [5.74, 6) is 1.07. The monoisotopic (exact) mass is 179 g/mol. The molecule has 0 aromatic carbocycles. The maximum Gasteiger partial charge on any atom is 0.151 e. The molecule has 2 N–H and O–H groups in total. The Morgan fingerprint density at radius 2 is 2.08 bits per heavy atom. The number of aromatic amines is 1. The van der Waals surface area contributed by atoms with Crippen LogP contribution < -0.4 is 5.32 Å². The largest absolute Gasteiger partial charge is 0.368 e. The topological polar surface area (TPSA) is 40.7 Å². The molecule has 0 saturated carbocycles. The summed E-state index contributed by atoms with van der Waals surface area (Å²) in [7, 11) is 0. The summed E-state index contributed by atoms with van der Waals surface area (Å²) in [4.78, 5) is 0. The standard InChI is InChI=1S/C10H17N3/c1-10(2,3)8-7-5-4-6-11-9(7)13-12-8/h4-6H2,1-3H3,(H2,11,12,13). The molecule has 0 spiro atoms. The van der Waals surface area contributed by atoms with Crippen molar-refractivity contribution >= 4 is 5.82 Å². The van der Waals surface area contributed by atoms with Gasteiger partial charge in [0.2, 0.25) is 0 Å². The highest BCUT2D eigenvalue weighted by Gasteiger charge is 2.24. The normalized spacial score (nSPS) is 16.5. The van der Waals surface area contributed by atoms with Gasteiger partial charge in [0.15, 0.2) is 5.82 Å². The molecule has 0 fully saturated rings. The first kappa shape index (κ1) is 8.60. The fourth-order valence-corrected chi connectivity index (χ4v) is 1.85. The van der Waals surface area contributed by atoms with Crippen molar-refractivity contribution in [2.75, 3.05) is 11.9 Å². The van der Waals surface area contributed by atoms with E-state index in [1.807, 2.05) is 0 Å². The molecule has 0 amide bonds. The van der Waals surface area contributed by atoms with Gasteiger partial charge in [0.05, 0.1) is 0 Å². The van der Waals surface area contributed by atoms with Crippen LogP contribution in [0.15, 0.2) is 0 Å². The van der Waals surface area contributed by atoms with Crippen LogP contribution in [0.2, 0.25) is 0 Å². The second-order valence-electron chi connectivity index (χ2n) is 4.71. The molecule has 0 bridgehead atoms. The number of hydrogen-bond acceptors (Lipinski definition) is 2. The Morgan fingerprint density at radius 3 is 2.77 bits per heavy atom. The zero-order chi connectivity index (χ0) is 9.47. The molecule has 1 aromatic rings. The van der Waals surface area contributed by atoms with Gasteiger partial charge in [-0.1, -0.05) is 20.8 Å². The number of hydrogen-bond donors (Lipinski definition) is 2. The number of H-pyrrole nitrogens is 1. The van der Waals surface area contributed by atoms with Crippen molar-refractivity contribution in [3.8, 4) is 0 Å². The molecule has 1 aliphatic rings. The lowest BCUT2D eigenvalue weighted by atomic mass is 9.87. The van der Waals surface area contributed by atoms with Gasteiger partial charge < -0.3 is 5.32 Å². The number of rotatable bonds is 0. The summed E-state index contributed by atoms with van der Waals surface area (Å²) in [5.41, 5.74) is 2.85. The Kier molecular flexibility index (Phi) is 1.82. The highest BCUT2D eigenvalue weighted by atomic mass is 15.2. The van der Waals surface area contributed by atoms with E-state index < -0.39 is 0 Å². The lowest BCUT2D eigenvalue weighted by Gasteiger charge is -2.20. The van der Waals surface area contributed by atoms with Crippen molar-refractivity contribution in [2.24, 2.45) is 0 Å². The summed E-state index contributed by atoms with van der Waals surface area (Å²) in [5, 5.41) is 10.7. The fraction of sp³-hybridized carbons (Fsp3) is 0.700. The second kappa shape index (κ2) is 2.76. The van der Waals surface area contributed by atoms with Crippen LogP contribution in [0.4, 0.5) is 5.82 Å². The maximum atomic E-state index is 4.29. The average Bonchev–Trinajstić information content (AvgIpc) is 2.45. The summed E-state index contributed by atoms with van der Waals surface area (Å²) >= 11 is 0. The van der Waals surface area contributed by atoms with Gasteiger partial charge >= 0.3 is 0 Å². The Labute approximate surface area is 78.9 Å². The number of anilines is 1. The van der Waals surface area contributed by atoms with E-state index in [1.165, 1.54) is 17.7 Å². The Morgan fingerprint density at radius 1 is 1.31 bits per heavy atom. The van der Waals surface area contributed by atoms with Crippen LogP contribution in [0.5, 0.6) is 0 Å². The van der Waals surface area contributed by atoms with Gasteiger partial charge in [-0.15, -0.1) is 0 Å². The van der Waals surface area contributed by atoms with E-state index in [0.717, 1.165) is 18.8 Å². The van der Waals surface area contributed by atoms with Gasteiger partial charge in [0, 0.05) is 23.2 Å². The molecule has 2 heterocycles. The van der Waals surface area contributed by atoms with Crippen molar-refractivity contribution in [3.05, 3.63) is 11.3 Å². The maximum absolute atomic E-state index is 4.29. The molecule has 0 radical (unpaired) electrons. The average molecular weight is 179 g/mol. The summed E-state index contributed by atoms with van der Waals surface area (Å²) in [6.45, 7) is 7.71. The van der Waals surface area contributed by atoms with Gasteiger partial charge in [-0.2, -0.15) is 5.10 Å². The number of nitrogens with one attached hydrogen (secondary N) is 2. The lowest BCUT2D eigenvalue weighted by Crippen LogP contribution is -2.17. The predicted molar refractivity (Wildman–Crippen MR) is 54.1 cm³/mol. The second-order valence-corrected chi connectivity index (χ2v) is 4.71. The van der Waals surface area contributed by atoms with E-state index in [9.17, 15) is 0 Å². The van der Waals surface area contributed by atoms with Gasteiger partial charge in [-0.25, -0.2) is 0 Å². The van der Waals surface area contributed by atoms with Crippen LogP contribution >= 0.6 is 0 Å². The van der Waals surface area contributed by atoms with Crippen molar-refractivity contribution in [3.63, 3.8) is 0 Å². The Bertz CT molecular complexity index is 306. The fourth-order valence-electron chi connectivity index (χ4n) is 1.85. The molecular weight excluding hydrogens is 162 g/mol. The SMILES string of the molecule is CC(C)(C)c1[nH]nc2c1CCCN2. The predicted octanol–water partition coefficient (Wildman–Crippen LogP) is 2.07. The molecule has 3 nitrogen and oxygen atoms in total. The number of aromatic nitrogens is 2. The van der Waals surface area contributed by atoms with Crippen molar-refractivity contribution in [2.45, 2.75) is 39.0 Å². The molecule has 2 rings (SSSR count). The van der Waals surface area contributed by atoms with Gasteiger partial charge in [-0.3, -0.25) is 5.10 Å². The minimum absolute atomic E-state index is 0.180. The van der Waals surface area contributed by atoms with Gasteiger partial charge in [-0.05, 0) is 12.8 Å². The number of nitrogens with zero attached hydrogens (tertiary/aromatic N) is 1. The summed E-state index contributed by atoms with van der Waals surface area (Å²) in [6.07, 6.45) is 2.38. The van der Waals surface area contributed by atoms with E-state index in [4.69, 9.17) is 0 Å². The zero-order valence-electron chi connectivity index (χ0n) is 8.57. The molecule has 0 atom stereocenters. The molecule has 0 saturated heterocycles. The molecule has 1 aromatic heterocycles. The number of fused-ring (bicyclic) bond motifs is 1.